The van der Waals surface area contributed by atoms with Gasteiger partial charge < -0.3 is 10.5 Å². The molecule has 1 aliphatic rings. The van der Waals surface area contributed by atoms with Gasteiger partial charge in [0, 0.05) is 18.3 Å². The second kappa shape index (κ2) is 5.30. The third-order valence-corrected chi connectivity index (χ3v) is 2.82. The fourth-order valence-electron chi connectivity index (χ4n) is 1.68. The molecule has 1 aromatic heterocycles. The van der Waals surface area contributed by atoms with Crippen molar-refractivity contribution in [2.75, 3.05) is 6.61 Å². The molecule has 0 unspecified atom stereocenters. The van der Waals surface area contributed by atoms with Gasteiger partial charge in [-0.1, -0.05) is 13.3 Å². The van der Waals surface area contributed by atoms with Crippen LogP contribution in [-0.2, 0) is 13.0 Å². The van der Waals surface area contributed by atoms with E-state index in [1.807, 2.05) is 6.07 Å². The van der Waals surface area contributed by atoms with Crippen molar-refractivity contribution in [3.05, 3.63) is 23.4 Å². The standard InChI is InChI=1S/C13H20N2O/c1-2-3-12-6-11(8-14)7-13(15-12)16-9-10-4-5-10/h6-7,10H,2-5,8-9,14H2,1H3. The minimum Gasteiger partial charge on any atom is -0.477 e. The maximum absolute atomic E-state index is 5.69. The number of aryl methyl sites for hydroxylation is 1. The van der Waals surface area contributed by atoms with E-state index in [2.05, 4.69) is 18.0 Å². The van der Waals surface area contributed by atoms with Gasteiger partial charge in [-0.15, -0.1) is 0 Å². The van der Waals surface area contributed by atoms with Crippen LogP contribution in [0.25, 0.3) is 0 Å². The topological polar surface area (TPSA) is 48.1 Å². The molecule has 16 heavy (non-hydrogen) atoms. The minimum atomic E-state index is 0.555. The molecule has 3 nitrogen and oxygen atoms in total. The molecular formula is C13H20N2O. The van der Waals surface area contributed by atoms with Gasteiger partial charge in [-0.05, 0) is 36.8 Å². The number of aromatic nitrogens is 1. The predicted molar refractivity (Wildman–Crippen MR) is 64.3 cm³/mol. The average Bonchev–Trinajstić information content (AvgIpc) is 3.10. The molecule has 1 aliphatic carbocycles. The maximum Gasteiger partial charge on any atom is 0.213 e. The van der Waals surface area contributed by atoms with E-state index in [-0.39, 0.29) is 0 Å². The molecular weight excluding hydrogens is 200 g/mol. The zero-order chi connectivity index (χ0) is 11.4. The van der Waals surface area contributed by atoms with Gasteiger partial charge in [-0.25, -0.2) is 4.98 Å². The van der Waals surface area contributed by atoms with Crippen molar-refractivity contribution < 1.29 is 4.74 Å². The first-order chi connectivity index (χ1) is 7.81. The minimum absolute atomic E-state index is 0.555. The molecule has 0 bridgehead atoms. The third-order valence-electron chi connectivity index (χ3n) is 2.82. The second-order valence-electron chi connectivity index (χ2n) is 4.51. The van der Waals surface area contributed by atoms with E-state index in [9.17, 15) is 0 Å². The fourth-order valence-corrected chi connectivity index (χ4v) is 1.68. The molecule has 88 valence electrons. The first-order valence-electron chi connectivity index (χ1n) is 6.14. The summed E-state index contributed by atoms with van der Waals surface area (Å²) in [5, 5.41) is 0. The Hall–Kier alpha value is -1.09. The summed E-state index contributed by atoms with van der Waals surface area (Å²) in [5.41, 5.74) is 7.88. The van der Waals surface area contributed by atoms with Crippen molar-refractivity contribution in [2.45, 2.75) is 39.2 Å². The van der Waals surface area contributed by atoms with Crippen molar-refractivity contribution in [3.8, 4) is 5.88 Å². The van der Waals surface area contributed by atoms with E-state index >= 15 is 0 Å². The summed E-state index contributed by atoms with van der Waals surface area (Å²) in [6, 6.07) is 4.04. The summed E-state index contributed by atoms with van der Waals surface area (Å²) < 4.78 is 5.69. The summed E-state index contributed by atoms with van der Waals surface area (Å²) in [6.07, 6.45) is 4.70. The van der Waals surface area contributed by atoms with Crippen LogP contribution in [0.1, 0.15) is 37.4 Å². The van der Waals surface area contributed by atoms with E-state index in [0.29, 0.717) is 6.54 Å². The Morgan fingerprint density at radius 1 is 1.44 bits per heavy atom. The van der Waals surface area contributed by atoms with E-state index in [0.717, 1.165) is 42.5 Å². The van der Waals surface area contributed by atoms with Crippen molar-refractivity contribution >= 4 is 0 Å². The molecule has 3 heteroatoms. The smallest absolute Gasteiger partial charge is 0.213 e. The number of pyridine rings is 1. The lowest BCUT2D eigenvalue weighted by molar-refractivity contribution is 0.287. The molecule has 1 saturated carbocycles. The molecule has 0 radical (unpaired) electrons. The maximum atomic E-state index is 5.69. The average molecular weight is 220 g/mol. The summed E-state index contributed by atoms with van der Waals surface area (Å²) in [7, 11) is 0. The Kier molecular flexibility index (Phi) is 3.78. The molecule has 2 N–H and O–H groups in total. The predicted octanol–water partition coefficient (Wildman–Crippen LogP) is 2.28. The highest BCUT2D eigenvalue weighted by Gasteiger charge is 2.22. The summed E-state index contributed by atoms with van der Waals surface area (Å²) in [6.45, 7) is 3.52. The molecule has 0 amide bonds. The molecule has 1 aromatic rings. The molecule has 0 atom stereocenters. The molecule has 0 aromatic carbocycles. The molecule has 2 rings (SSSR count). The normalized spacial score (nSPS) is 15.1. The Morgan fingerprint density at radius 3 is 2.88 bits per heavy atom. The van der Waals surface area contributed by atoms with Crippen LogP contribution in [0.15, 0.2) is 12.1 Å². The lowest BCUT2D eigenvalue weighted by Crippen LogP contribution is -2.05. The van der Waals surface area contributed by atoms with Crippen LogP contribution in [0.4, 0.5) is 0 Å². The van der Waals surface area contributed by atoms with Crippen LogP contribution < -0.4 is 10.5 Å². The van der Waals surface area contributed by atoms with Gasteiger partial charge >= 0.3 is 0 Å². The number of hydrogen-bond donors (Lipinski definition) is 1. The highest BCUT2D eigenvalue weighted by molar-refractivity contribution is 5.25. The Bertz CT molecular complexity index is 348. The molecule has 0 aliphatic heterocycles. The molecule has 1 heterocycles. The summed E-state index contributed by atoms with van der Waals surface area (Å²) >= 11 is 0. The number of hydrogen-bond acceptors (Lipinski definition) is 3. The van der Waals surface area contributed by atoms with Crippen LogP contribution in [0.5, 0.6) is 5.88 Å². The van der Waals surface area contributed by atoms with E-state index < -0.39 is 0 Å². The van der Waals surface area contributed by atoms with Crippen LogP contribution in [-0.4, -0.2) is 11.6 Å². The largest absolute Gasteiger partial charge is 0.477 e. The molecule has 1 fully saturated rings. The van der Waals surface area contributed by atoms with Crippen molar-refractivity contribution in [1.82, 2.24) is 4.98 Å². The van der Waals surface area contributed by atoms with E-state index in [4.69, 9.17) is 10.5 Å². The van der Waals surface area contributed by atoms with Crippen molar-refractivity contribution in [1.29, 1.82) is 0 Å². The van der Waals surface area contributed by atoms with Crippen LogP contribution >= 0.6 is 0 Å². The highest BCUT2D eigenvalue weighted by Crippen LogP contribution is 2.29. The first kappa shape index (κ1) is 11.4. The van der Waals surface area contributed by atoms with Crippen LogP contribution in [0, 0.1) is 5.92 Å². The first-order valence-corrected chi connectivity index (χ1v) is 6.14. The van der Waals surface area contributed by atoms with Gasteiger partial charge in [-0.2, -0.15) is 0 Å². The number of nitrogens with two attached hydrogens (primary N) is 1. The zero-order valence-corrected chi connectivity index (χ0v) is 9.91. The Balaban J connectivity index is 2.04. The fraction of sp³-hybridized carbons (Fsp3) is 0.615. The Morgan fingerprint density at radius 2 is 2.25 bits per heavy atom. The third kappa shape index (κ3) is 3.20. The summed E-state index contributed by atoms with van der Waals surface area (Å²) in [5.74, 6) is 1.51. The van der Waals surface area contributed by atoms with E-state index in [1.54, 1.807) is 0 Å². The van der Waals surface area contributed by atoms with Crippen molar-refractivity contribution in [3.63, 3.8) is 0 Å². The van der Waals surface area contributed by atoms with E-state index in [1.165, 1.54) is 12.8 Å². The number of rotatable bonds is 6. The lowest BCUT2D eigenvalue weighted by Gasteiger charge is -2.08. The van der Waals surface area contributed by atoms with Crippen molar-refractivity contribution in [2.24, 2.45) is 11.7 Å². The van der Waals surface area contributed by atoms with Gasteiger partial charge in [-0.3, -0.25) is 0 Å². The monoisotopic (exact) mass is 220 g/mol. The Labute approximate surface area is 97.0 Å². The lowest BCUT2D eigenvalue weighted by atomic mass is 10.1. The SMILES string of the molecule is CCCc1cc(CN)cc(OCC2CC2)n1. The van der Waals surface area contributed by atoms with Gasteiger partial charge in [0.25, 0.3) is 0 Å². The van der Waals surface area contributed by atoms with Gasteiger partial charge in [0.2, 0.25) is 5.88 Å². The summed E-state index contributed by atoms with van der Waals surface area (Å²) in [4.78, 5) is 4.49. The van der Waals surface area contributed by atoms with Gasteiger partial charge in [0.05, 0.1) is 6.61 Å². The quantitative estimate of drug-likeness (QED) is 0.800. The van der Waals surface area contributed by atoms with Crippen LogP contribution in [0.2, 0.25) is 0 Å². The van der Waals surface area contributed by atoms with Gasteiger partial charge in [0.15, 0.2) is 0 Å². The second-order valence-corrected chi connectivity index (χ2v) is 4.51. The number of nitrogens with zero attached hydrogens (tertiary/aromatic N) is 1. The van der Waals surface area contributed by atoms with Crippen LogP contribution in [0.3, 0.4) is 0 Å². The molecule has 0 spiro atoms. The highest BCUT2D eigenvalue weighted by atomic mass is 16.5. The van der Waals surface area contributed by atoms with Gasteiger partial charge in [0.1, 0.15) is 0 Å². The molecule has 0 saturated heterocycles. The zero-order valence-electron chi connectivity index (χ0n) is 9.91. The number of ether oxygens (including phenoxy) is 1.